The van der Waals surface area contributed by atoms with E-state index in [-0.39, 0.29) is 5.69 Å². The normalized spacial score (nSPS) is 11.2. The van der Waals surface area contributed by atoms with E-state index in [1.54, 1.807) is 30.5 Å². The molecule has 0 bridgehead atoms. The third kappa shape index (κ3) is 4.63. The molecule has 0 fully saturated rings. The molecule has 2 N–H and O–H groups in total. The number of hydrogen-bond donors (Lipinski definition) is 2. The monoisotopic (exact) mass is 314 g/mol. The van der Waals surface area contributed by atoms with Crippen molar-refractivity contribution in [3.8, 4) is 0 Å². The fourth-order valence-corrected chi connectivity index (χ4v) is 1.94. The molecule has 7 nitrogen and oxygen atoms in total. The Morgan fingerprint density at radius 2 is 1.70 bits per heavy atom. The number of aliphatic carboxylic acids is 1. The zero-order valence-electron chi connectivity index (χ0n) is 12.0. The summed E-state index contributed by atoms with van der Waals surface area (Å²) in [6.07, 6.45) is 4.07. The first-order valence-corrected chi connectivity index (χ1v) is 6.78. The van der Waals surface area contributed by atoms with E-state index in [0.717, 1.165) is 17.2 Å². The minimum Gasteiger partial charge on any atom is -0.502 e. The maximum absolute atomic E-state index is 10.6. The van der Waals surface area contributed by atoms with Crippen LogP contribution in [-0.4, -0.2) is 26.1 Å². The Bertz CT molecular complexity index is 736. The number of carbonyl (C=O) groups is 1. The number of nitrogens with zero attached hydrogens (tertiary/aromatic N) is 2. The number of aromatic nitrogens is 1. The van der Waals surface area contributed by atoms with Crippen LogP contribution in [0, 0.1) is 10.1 Å². The lowest BCUT2D eigenvalue weighted by molar-refractivity contribution is -0.384. The number of non-ortho nitro benzene ring substituents is 1. The molecule has 0 saturated heterocycles. The molecular formula is C16H14N2O5. The van der Waals surface area contributed by atoms with E-state index in [2.05, 4.69) is 4.98 Å². The van der Waals surface area contributed by atoms with Crippen LogP contribution in [0.2, 0.25) is 0 Å². The van der Waals surface area contributed by atoms with Crippen molar-refractivity contribution in [3.63, 3.8) is 0 Å². The van der Waals surface area contributed by atoms with Gasteiger partial charge in [0.2, 0.25) is 5.76 Å². The number of aliphatic hydroxyl groups is 1. The van der Waals surface area contributed by atoms with Crippen molar-refractivity contribution in [2.45, 2.75) is 12.8 Å². The molecule has 0 amide bonds. The Morgan fingerprint density at radius 3 is 2.22 bits per heavy atom. The smallest absolute Gasteiger partial charge is 0.371 e. The predicted octanol–water partition coefficient (Wildman–Crippen LogP) is 2.76. The van der Waals surface area contributed by atoms with Crippen LogP contribution >= 0.6 is 0 Å². The molecule has 2 aromatic rings. The van der Waals surface area contributed by atoms with Gasteiger partial charge in [-0.15, -0.1) is 0 Å². The van der Waals surface area contributed by atoms with Crippen LogP contribution in [0.15, 0.2) is 48.4 Å². The van der Waals surface area contributed by atoms with E-state index in [9.17, 15) is 14.9 Å². The molecule has 23 heavy (non-hydrogen) atoms. The largest absolute Gasteiger partial charge is 0.502 e. The summed E-state index contributed by atoms with van der Waals surface area (Å²) in [5.74, 6) is -2.18. The van der Waals surface area contributed by atoms with Crippen molar-refractivity contribution >= 4 is 17.7 Å². The average Bonchev–Trinajstić information content (AvgIpc) is 2.54. The van der Waals surface area contributed by atoms with Gasteiger partial charge in [0.25, 0.3) is 5.69 Å². The van der Waals surface area contributed by atoms with Gasteiger partial charge in [-0.3, -0.25) is 15.1 Å². The van der Waals surface area contributed by atoms with Gasteiger partial charge in [-0.05, 0) is 30.0 Å². The Labute approximate surface area is 131 Å². The van der Waals surface area contributed by atoms with E-state index in [4.69, 9.17) is 10.2 Å². The maximum atomic E-state index is 10.6. The average molecular weight is 314 g/mol. The van der Waals surface area contributed by atoms with Crippen molar-refractivity contribution < 1.29 is 19.9 Å². The minimum atomic E-state index is -1.41. The number of aryl methyl sites for hydroxylation is 2. The first-order chi connectivity index (χ1) is 11.0. The minimum absolute atomic E-state index is 0.0600. The fourth-order valence-electron chi connectivity index (χ4n) is 1.94. The Kier molecular flexibility index (Phi) is 5.03. The lowest BCUT2D eigenvalue weighted by atomic mass is 10.1. The van der Waals surface area contributed by atoms with E-state index in [1.807, 2.05) is 0 Å². The van der Waals surface area contributed by atoms with Crippen molar-refractivity contribution in [2.75, 3.05) is 0 Å². The first kappa shape index (κ1) is 16.2. The second-order valence-electron chi connectivity index (χ2n) is 4.85. The Hall–Kier alpha value is -3.22. The van der Waals surface area contributed by atoms with Crippen molar-refractivity contribution in [2.24, 2.45) is 0 Å². The van der Waals surface area contributed by atoms with E-state index in [1.165, 1.54) is 12.1 Å². The zero-order chi connectivity index (χ0) is 16.8. The topological polar surface area (TPSA) is 114 Å². The molecule has 0 saturated carbocycles. The predicted molar refractivity (Wildman–Crippen MR) is 83.0 cm³/mol. The zero-order valence-corrected chi connectivity index (χ0v) is 12.0. The van der Waals surface area contributed by atoms with Gasteiger partial charge in [0.1, 0.15) is 0 Å². The van der Waals surface area contributed by atoms with Crippen LogP contribution in [-0.2, 0) is 17.6 Å². The second kappa shape index (κ2) is 7.17. The summed E-state index contributed by atoms with van der Waals surface area (Å²) in [5, 5.41) is 28.3. The standard InChI is InChI=1S/C16H14N2O5/c19-15(16(20)21)9-13-6-3-12(10-17-13)2-1-11-4-7-14(8-5-11)18(22)23/h3-10,19H,1-2H2,(H,20,21)/b15-9-. The number of nitro groups is 1. The van der Waals surface area contributed by atoms with Crippen LogP contribution in [0.4, 0.5) is 5.69 Å². The molecule has 1 aromatic heterocycles. The Balaban J connectivity index is 1.97. The van der Waals surface area contributed by atoms with Gasteiger partial charge in [0.15, 0.2) is 0 Å². The number of carboxylic acid groups (broad SMARTS) is 1. The number of aliphatic hydroxyl groups excluding tert-OH is 1. The van der Waals surface area contributed by atoms with Gasteiger partial charge in [-0.25, -0.2) is 4.79 Å². The van der Waals surface area contributed by atoms with Gasteiger partial charge in [0.05, 0.1) is 10.6 Å². The lowest BCUT2D eigenvalue weighted by Gasteiger charge is -2.03. The number of rotatable bonds is 6. The van der Waals surface area contributed by atoms with E-state index < -0.39 is 16.7 Å². The van der Waals surface area contributed by atoms with E-state index in [0.29, 0.717) is 18.5 Å². The van der Waals surface area contributed by atoms with E-state index >= 15 is 0 Å². The van der Waals surface area contributed by atoms with Crippen molar-refractivity contribution in [1.82, 2.24) is 4.98 Å². The summed E-state index contributed by atoms with van der Waals surface area (Å²) in [6, 6.07) is 9.77. The van der Waals surface area contributed by atoms with Gasteiger partial charge in [-0.2, -0.15) is 0 Å². The molecule has 1 aromatic carbocycles. The third-order valence-corrected chi connectivity index (χ3v) is 3.20. The van der Waals surface area contributed by atoms with Gasteiger partial charge in [0, 0.05) is 24.4 Å². The molecule has 0 unspecified atom stereocenters. The molecule has 0 aliphatic carbocycles. The van der Waals surface area contributed by atoms with Gasteiger partial charge >= 0.3 is 5.97 Å². The molecule has 0 atom stereocenters. The van der Waals surface area contributed by atoms with Gasteiger partial charge in [-0.1, -0.05) is 18.2 Å². The van der Waals surface area contributed by atoms with Crippen molar-refractivity contribution in [3.05, 3.63) is 75.3 Å². The second-order valence-corrected chi connectivity index (χ2v) is 4.85. The maximum Gasteiger partial charge on any atom is 0.371 e. The Morgan fingerprint density at radius 1 is 1.09 bits per heavy atom. The van der Waals surface area contributed by atoms with Gasteiger partial charge < -0.3 is 10.2 Å². The highest BCUT2D eigenvalue weighted by molar-refractivity contribution is 5.88. The third-order valence-electron chi connectivity index (χ3n) is 3.20. The highest BCUT2D eigenvalue weighted by atomic mass is 16.6. The lowest BCUT2D eigenvalue weighted by Crippen LogP contribution is -1.99. The van der Waals surface area contributed by atoms with Crippen LogP contribution < -0.4 is 0 Å². The number of pyridine rings is 1. The fraction of sp³-hybridized carbons (Fsp3) is 0.125. The quantitative estimate of drug-likeness (QED) is 0.367. The highest BCUT2D eigenvalue weighted by Gasteiger charge is 2.05. The number of nitro benzene ring substituents is 1. The molecule has 1 heterocycles. The summed E-state index contributed by atoms with van der Waals surface area (Å²) < 4.78 is 0. The molecule has 0 spiro atoms. The van der Waals surface area contributed by atoms with Crippen LogP contribution in [0.1, 0.15) is 16.8 Å². The molecule has 0 aliphatic rings. The summed E-state index contributed by atoms with van der Waals surface area (Å²) in [6.45, 7) is 0. The summed E-state index contributed by atoms with van der Waals surface area (Å²) in [5.41, 5.74) is 2.33. The summed E-state index contributed by atoms with van der Waals surface area (Å²) in [4.78, 5) is 24.7. The summed E-state index contributed by atoms with van der Waals surface area (Å²) in [7, 11) is 0. The van der Waals surface area contributed by atoms with Crippen LogP contribution in [0.3, 0.4) is 0 Å². The number of benzene rings is 1. The molecule has 2 rings (SSSR count). The summed E-state index contributed by atoms with van der Waals surface area (Å²) >= 11 is 0. The first-order valence-electron chi connectivity index (χ1n) is 6.78. The molecule has 0 aliphatic heterocycles. The van der Waals surface area contributed by atoms with Crippen LogP contribution in [0.25, 0.3) is 6.08 Å². The molecule has 7 heteroatoms. The molecule has 0 radical (unpaired) electrons. The molecule has 118 valence electrons. The van der Waals surface area contributed by atoms with Crippen LogP contribution in [0.5, 0.6) is 0 Å². The molecular weight excluding hydrogens is 300 g/mol. The van der Waals surface area contributed by atoms with Crippen molar-refractivity contribution in [1.29, 1.82) is 0 Å². The SMILES string of the molecule is O=C(O)/C(O)=C/c1ccc(CCc2ccc([N+](=O)[O-])cc2)cn1. The highest BCUT2D eigenvalue weighted by Crippen LogP contribution is 2.14. The number of carboxylic acids is 1. The number of hydrogen-bond acceptors (Lipinski definition) is 5.